The summed E-state index contributed by atoms with van der Waals surface area (Å²) in [7, 11) is 0. The molecule has 0 saturated heterocycles. The highest BCUT2D eigenvalue weighted by Crippen LogP contribution is 2.28. The van der Waals surface area contributed by atoms with E-state index in [2.05, 4.69) is 17.1 Å². The number of aromatic amines is 1. The third kappa shape index (κ3) is 2.35. The van der Waals surface area contributed by atoms with Crippen LogP contribution in [0.2, 0.25) is 0 Å². The largest absolute Gasteiger partial charge is 0.457 e. The summed E-state index contributed by atoms with van der Waals surface area (Å²) < 4.78 is 5.63. The average Bonchev–Trinajstić information content (AvgIpc) is 2.84. The fraction of sp³-hybridized carbons (Fsp3) is 0.467. The molecule has 1 fully saturated rings. The Hall–Kier alpha value is -2.04. The van der Waals surface area contributed by atoms with Crippen LogP contribution in [0, 0.1) is 5.92 Å². The molecule has 0 bridgehead atoms. The Bertz CT molecular complexity index is 635. The Labute approximate surface area is 117 Å². The maximum absolute atomic E-state index is 12.3. The van der Waals surface area contributed by atoms with E-state index in [1.807, 2.05) is 6.07 Å². The number of nitrogens with zero attached hydrogens (tertiary/aromatic N) is 1. The Balaban J connectivity index is 1.83. The van der Waals surface area contributed by atoms with E-state index < -0.39 is 0 Å². The van der Waals surface area contributed by atoms with Crippen molar-refractivity contribution in [1.82, 2.24) is 10.2 Å². The number of nitrogen functional groups attached to an aromatic ring is 1. The van der Waals surface area contributed by atoms with Crippen LogP contribution in [-0.2, 0) is 4.74 Å². The van der Waals surface area contributed by atoms with E-state index in [4.69, 9.17) is 10.5 Å². The first-order chi connectivity index (χ1) is 9.65. The maximum Gasteiger partial charge on any atom is 0.359 e. The minimum absolute atomic E-state index is 0.00376. The van der Waals surface area contributed by atoms with Gasteiger partial charge in [-0.05, 0) is 43.4 Å². The number of H-pyrrole nitrogens is 1. The van der Waals surface area contributed by atoms with Gasteiger partial charge in [-0.3, -0.25) is 5.10 Å². The number of rotatable bonds is 2. The third-order valence-corrected chi connectivity index (χ3v) is 4.07. The molecule has 1 aliphatic rings. The van der Waals surface area contributed by atoms with Crippen molar-refractivity contribution in [3.63, 3.8) is 0 Å². The van der Waals surface area contributed by atoms with E-state index in [0.29, 0.717) is 17.3 Å². The highest BCUT2D eigenvalue weighted by Gasteiger charge is 2.27. The van der Waals surface area contributed by atoms with E-state index in [-0.39, 0.29) is 12.1 Å². The fourth-order valence-corrected chi connectivity index (χ4v) is 2.84. The first kappa shape index (κ1) is 13.0. The quantitative estimate of drug-likeness (QED) is 0.651. The number of ether oxygens (including phenoxy) is 1. The lowest BCUT2D eigenvalue weighted by atomic mass is 9.88. The molecule has 2 unspecified atom stereocenters. The Morgan fingerprint density at radius 2 is 2.20 bits per heavy atom. The second-order valence-electron chi connectivity index (χ2n) is 5.58. The molecule has 0 spiro atoms. The molecule has 0 amide bonds. The summed E-state index contributed by atoms with van der Waals surface area (Å²) in [5.41, 5.74) is 7.49. The second kappa shape index (κ2) is 5.15. The zero-order valence-electron chi connectivity index (χ0n) is 11.6. The number of hydrogen-bond acceptors (Lipinski definition) is 4. The number of nitrogens with two attached hydrogens (primary N) is 1. The second-order valence-corrected chi connectivity index (χ2v) is 5.58. The van der Waals surface area contributed by atoms with Gasteiger partial charge >= 0.3 is 5.97 Å². The predicted octanol–water partition coefficient (Wildman–Crippen LogP) is 2.88. The molecule has 3 N–H and O–H groups in total. The van der Waals surface area contributed by atoms with Crippen molar-refractivity contribution >= 4 is 22.6 Å². The average molecular weight is 273 g/mol. The summed E-state index contributed by atoms with van der Waals surface area (Å²) in [6.07, 6.45) is 4.40. The number of nitrogens with one attached hydrogen (secondary N) is 1. The van der Waals surface area contributed by atoms with Crippen molar-refractivity contribution in [3.05, 3.63) is 23.9 Å². The maximum atomic E-state index is 12.3. The van der Waals surface area contributed by atoms with Crippen LogP contribution >= 0.6 is 0 Å². The van der Waals surface area contributed by atoms with Crippen LogP contribution in [0.25, 0.3) is 10.9 Å². The van der Waals surface area contributed by atoms with Crippen LogP contribution < -0.4 is 5.73 Å². The van der Waals surface area contributed by atoms with Gasteiger partial charge in [-0.1, -0.05) is 13.3 Å². The van der Waals surface area contributed by atoms with Gasteiger partial charge in [0.15, 0.2) is 5.69 Å². The van der Waals surface area contributed by atoms with Crippen LogP contribution in [0.5, 0.6) is 0 Å². The summed E-state index contributed by atoms with van der Waals surface area (Å²) in [4.78, 5) is 12.3. The predicted molar refractivity (Wildman–Crippen MR) is 77.3 cm³/mol. The van der Waals surface area contributed by atoms with Gasteiger partial charge in [0.2, 0.25) is 0 Å². The highest BCUT2D eigenvalue weighted by molar-refractivity contribution is 6.02. The molecule has 106 valence electrons. The molecule has 2 atom stereocenters. The van der Waals surface area contributed by atoms with Gasteiger partial charge in [-0.15, -0.1) is 0 Å². The van der Waals surface area contributed by atoms with Crippen molar-refractivity contribution in [2.75, 3.05) is 5.73 Å². The number of fused-ring (bicyclic) bond motifs is 1. The Kier molecular flexibility index (Phi) is 3.34. The normalized spacial score (nSPS) is 22.9. The lowest BCUT2D eigenvalue weighted by Gasteiger charge is -2.28. The smallest absolute Gasteiger partial charge is 0.359 e. The number of esters is 1. The van der Waals surface area contributed by atoms with Crippen molar-refractivity contribution in [3.8, 4) is 0 Å². The molecule has 1 aromatic heterocycles. The van der Waals surface area contributed by atoms with Crippen LogP contribution in [0.1, 0.15) is 43.1 Å². The van der Waals surface area contributed by atoms with E-state index in [1.165, 1.54) is 6.42 Å². The van der Waals surface area contributed by atoms with Crippen molar-refractivity contribution < 1.29 is 9.53 Å². The van der Waals surface area contributed by atoms with Gasteiger partial charge in [0.1, 0.15) is 6.10 Å². The SMILES string of the molecule is CC1CCCCC1OC(=O)c1n[nH]c2ccc(N)cc12. The van der Waals surface area contributed by atoms with Gasteiger partial charge in [-0.2, -0.15) is 5.10 Å². The van der Waals surface area contributed by atoms with Gasteiger partial charge < -0.3 is 10.5 Å². The zero-order valence-corrected chi connectivity index (χ0v) is 11.6. The summed E-state index contributed by atoms with van der Waals surface area (Å²) >= 11 is 0. The van der Waals surface area contributed by atoms with E-state index in [0.717, 1.165) is 30.2 Å². The number of carbonyl (C=O) groups is 1. The topological polar surface area (TPSA) is 81.0 Å². The van der Waals surface area contributed by atoms with E-state index >= 15 is 0 Å². The lowest BCUT2D eigenvalue weighted by Crippen LogP contribution is -2.28. The molecular weight excluding hydrogens is 254 g/mol. The minimum Gasteiger partial charge on any atom is -0.457 e. The molecule has 5 heteroatoms. The summed E-state index contributed by atoms with van der Waals surface area (Å²) in [5.74, 6) is 0.0589. The molecule has 1 aromatic carbocycles. The molecular formula is C15H19N3O2. The zero-order chi connectivity index (χ0) is 14.1. The first-order valence-electron chi connectivity index (χ1n) is 7.10. The fourth-order valence-electron chi connectivity index (χ4n) is 2.84. The number of benzene rings is 1. The van der Waals surface area contributed by atoms with Crippen LogP contribution in [-0.4, -0.2) is 22.3 Å². The Morgan fingerprint density at radius 3 is 3.00 bits per heavy atom. The summed E-state index contributed by atoms with van der Waals surface area (Å²) in [6.45, 7) is 2.14. The van der Waals surface area contributed by atoms with Crippen LogP contribution in [0.15, 0.2) is 18.2 Å². The third-order valence-electron chi connectivity index (χ3n) is 4.07. The number of aromatic nitrogens is 2. The molecule has 1 aliphatic carbocycles. The molecule has 1 saturated carbocycles. The first-order valence-corrected chi connectivity index (χ1v) is 7.10. The molecule has 20 heavy (non-hydrogen) atoms. The van der Waals surface area contributed by atoms with Gasteiger partial charge in [-0.25, -0.2) is 4.79 Å². The number of hydrogen-bond donors (Lipinski definition) is 2. The van der Waals surface area contributed by atoms with Crippen molar-refractivity contribution in [1.29, 1.82) is 0 Å². The number of carbonyl (C=O) groups excluding carboxylic acids is 1. The molecule has 1 heterocycles. The monoisotopic (exact) mass is 273 g/mol. The van der Waals surface area contributed by atoms with E-state index in [9.17, 15) is 4.79 Å². The lowest BCUT2D eigenvalue weighted by molar-refractivity contribution is 0.00440. The molecule has 0 radical (unpaired) electrons. The van der Waals surface area contributed by atoms with Crippen molar-refractivity contribution in [2.45, 2.75) is 38.7 Å². The standard InChI is InChI=1S/C15H19N3O2/c1-9-4-2-3-5-13(9)20-15(19)14-11-8-10(16)6-7-12(11)17-18-14/h6-9,13H,2-5,16H2,1H3,(H,17,18). The minimum atomic E-state index is -0.361. The summed E-state index contributed by atoms with van der Waals surface area (Å²) in [5, 5.41) is 7.63. The van der Waals surface area contributed by atoms with Crippen LogP contribution in [0.3, 0.4) is 0 Å². The molecule has 0 aliphatic heterocycles. The Morgan fingerprint density at radius 1 is 1.40 bits per heavy atom. The van der Waals surface area contributed by atoms with E-state index in [1.54, 1.807) is 12.1 Å². The van der Waals surface area contributed by atoms with Crippen molar-refractivity contribution in [2.24, 2.45) is 5.92 Å². The van der Waals surface area contributed by atoms with Crippen LogP contribution in [0.4, 0.5) is 5.69 Å². The molecule has 5 nitrogen and oxygen atoms in total. The molecule has 2 aromatic rings. The highest BCUT2D eigenvalue weighted by atomic mass is 16.5. The number of anilines is 1. The van der Waals surface area contributed by atoms with Gasteiger partial charge in [0.05, 0.1) is 5.52 Å². The van der Waals surface area contributed by atoms with Gasteiger partial charge in [0.25, 0.3) is 0 Å². The molecule has 3 rings (SSSR count). The van der Waals surface area contributed by atoms with Gasteiger partial charge in [0, 0.05) is 11.1 Å². The summed E-state index contributed by atoms with van der Waals surface area (Å²) in [6, 6.07) is 5.34.